The second kappa shape index (κ2) is 12.2. The van der Waals surface area contributed by atoms with Crippen molar-refractivity contribution in [3.8, 4) is 0 Å². The number of amides is 1. The number of hydrogen-bond donors (Lipinski definition) is 1. The van der Waals surface area contributed by atoms with Crippen molar-refractivity contribution in [2.75, 3.05) is 6.61 Å². The van der Waals surface area contributed by atoms with Crippen LogP contribution in [0.3, 0.4) is 0 Å². The van der Waals surface area contributed by atoms with Gasteiger partial charge >= 0.3 is 12.3 Å². The number of carbonyl (C=O) groups is 1. The predicted molar refractivity (Wildman–Crippen MR) is 168 cm³/mol. The Kier molecular flexibility index (Phi) is 9.11. The summed E-state index contributed by atoms with van der Waals surface area (Å²) < 4.78 is 12.8. The molecule has 1 fully saturated rings. The number of benzene rings is 3. The Morgan fingerprint density at radius 1 is 0.951 bits per heavy atom. The Morgan fingerprint density at radius 3 is 1.95 bits per heavy atom. The molecule has 1 unspecified atom stereocenters. The minimum absolute atomic E-state index is 0.106. The molecular formula is C35H44N2O3Si. The molecule has 1 aliphatic carbocycles. The fraction of sp³-hybridized carbons (Fsp3) is 0.429. The molecule has 0 heterocycles. The van der Waals surface area contributed by atoms with Gasteiger partial charge in [0.1, 0.15) is 6.61 Å². The van der Waals surface area contributed by atoms with Crippen LogP contribution < -0.4 is 15.7 Å². The Morgan fingerprint density at radius 2 is 1.46 bits per heavy atom. The second-order valence-electron chi connectivity index (χ2n) is 13.1. The molecule has 0 saturated heterocycles. The Balaban J connectivity index is 1.55. The average Bonchev–Trinajstić information content (AvgIpc) is 3.20. The smallest absolute Gasteiger partial charge is 0.413 e. The lowest BCUT2D eigenvalue weighted by Gasteiger charge is -2.46. The molecule has 0 spiro atoms. The lowest BCUT2D eigenvalue weighted by atomic mass is 9.64. The number of rotatable bonds is 9. The molecule has 3 atom stereocenters. The van der Waals surface area contributed by atoms with E-state index in [4.69, 9.17) is 15.7 Å². The number of carbonyl (C=O) groups excluding carboxylic acids is 1. The molecule has 0 aromatic heterocycles. The summed E-state index contributed by atoms with van der Waals surface area (Å²) in [7, 11) is -2.68. The zero-order valence-electron chi connectivity index (χ0n) is 25.3. The van der Waals surface area contributed by atoms with Gasteiger partial charge in [0, 0.05) is 6.61 Å². The highest BCUT2D eigenvalue weighted by atomic mass is 28.4. The summed E-state index contributed by atoms with van der Waals surface area (Å²) in [4.78, 5) is 16.7. The van der Waals surface area contributed by atoms with Crippen LogP contribution in [-0.4, -0.2) is 27.2 Å². The van der Waals surface area contributed by atoms with Crippen LogP contribution in [0.15, 0.2) is 91.0 Å². The maximum atomic E-state index is 12.8. The number of hydrogen-bond acceptors (Lipinski definition) is 3. The number of nitrogens with one attached hydrogen (secondary N) is 1. The van der Waals surface area contributed by atoms with Crippen LogP contribution in [-0.2, 0) is 15.8 Å². The van der Waals surface area contributed by atoms with Crippen molar-refractivity contribution in [2.24, 2.45) is 16.7 Å². The summed E-state index contributed by atoms with van der Waals surface area (Å²) >= 11 is 0. The Bertz CT molecular complexity index is 1290. The quantitative estimate of drug-likeness (QED) is 0.220. The zero-order valence-corrected chi connectivity index (χ0v) is 26.3. The number of alkyl carbamates (subject to hydrolysis) is 1. The zero-order chi connectivity index (χ0) is 29.7. The van der Waals surface area contributed by atoms with E-state index >= 15 is 0 Å². The molecule has 1 amide bonds. The first-order chi connectivity index (χ1) is 19.5. The average molecular weight is 569 g/mol. The molecule has 1 N–H and O–H groups in total. The topological polar surface area (TPSA) is 51.9 Å². The third-order valence-corrected chi connectivity index (χ3v) is 14.6. The van der Waals surface area contributed by atoms with Gasteiger partial charge in [-0.15, -0.1) is 0 Å². The van der Waals surface area contributed by atoms with Gasteiger partial charge in [-0.05, 0) is 52.1 Å². The van der Waals surface area contributed by atoms with Crippen LogP contribution in [0.1, 0.15) is 59.9 Å². The van der Waals surface area contributed by atoms with Crippen LogP contribution in [0.2, 0.25) is 5.04 Å². The molecule has 1 saturated carbocycles. The van der Waals surface area contributed by atoms with Crippen LogP contribution in [0, 0.1) is 23.3 Å². The highest BCUT2D eigenvalue weighted by Gasteiger charge is 2.60. The molecule has 0 aliphatic heterocycles. The summed E-state index contributed by atoms with van der Waals surface area (Å²) in [5, 5.41) is 5.32. The van der Waals surface area contributed by atoms with E-state index in [1.54, 1.807) is 0 Å². The molecule has 1 aliphatic rings. The number of ether oxygens (including phenoxy) is 1. The van der Waals surface area contributed by atoms with Crippen LogP contribution in [0.4, 0.5) is 4.79 Å². The minimum atomic E-state index is -2.68. The van der Waals surface area contributed by atoms with E-state index in [2.05, 4.69) is 112 Å². The fourth-order valence-corrected chi connectivity index (χ4v) is 11.2. The first-order valence-corrected chi connectivity index (χ1v) is 16.5. The maximum absolute atomic E-state index is 12.8. The minimum Gasteiger partial charge on any atom is -0.445 e. The van der Waals surface area contributed by atoms with Crippen LogP contribution in [0.25, 0.3) is 4.85 Å². The van der Waals surface area contributed by atoms with Crippen molar-refractivity contribution in [2.45, 2.75) is 72.2 Å². The van der Waals surface area contributed by atoms with Gasteiger partial charge in [0.15, 0.2) is 0 Å². The van der Waals surface area contributed by atoms with Crippen molar-refractivity contribution in [1.29, 1.82) is 0 Å². The molecule has 41 heavy (non-hydrogen) atoms. The second-order valence-corrected chi connectivity index (χ2v) is 17.4. The SMILES string of the molecule is [C-]#[N+]C(NC(=O)OCc1ccccc1)[C@]1(C)CC[C@H](CO[Si](c2ccccc2)(c2ccccc2)C(C)(C)C)C1(C)C. The van der Waals surface area contributed by atoms with Crippen LogP contribution >= 0.6 is 0 Å². The lowest BCUT2D eigenvalue weighted by Crippen LogP contribution is -2.67. The molecule has 0 radical (unpaired) electrons. The fourth-order valence-electron chi connectivity index (χ4n) is 6.60. The van der Waals surface area contributed by atoms with Crippen molar-refractivity contribution >= 4 is 24.8 Å². The van der Waals surface area contributed by atoms with Gasteiger partial charge in [-0.1, -0.05) is 126 Å². The van der Waals surface area contributed by atoms with E-state index in [0.717, 1.165) is 18.4 Å². The van der Waals surface area contributed by atoms with Crippen molar-refractivity contribution < 1.29 is 14.0 Å². The molecule has 3 aromatic carbocycles. The molecular weight excluding hydrogens is 524 g/mol. The van der Waals surface area contributed by atoms with Crippen molar-refractivity contribution in [3.05, 3.63) is 108 Å². The van der Waals surface area contributed by atoms with Gasteiger partial charge in [-0.2, -0.15) is 0 Å². The third-order valence-electron chi connectivity index (χ3n) is 9.62. The Labute approximate surface area is 247 Å². The largest absolute Gasteiger partial charge is 0.445 e. The van der Waals surface area contributed by atoms with E-state index in [9.17, 15) is 4.79 Å². The first kappa shape index (κ1) is 30.6. The summed E-state index contributed by atoms with van der Waals surface area (Å²) in [5.74, 6) is 0.223. The van der Waals surface area contributed by atoms with Gasteiger partial charge in [0.25, 0.3) is 8.32 Å². The monoisotopic (exact) mass is 568 g/mol. The van der Waals surface area contributed by atoms with E-state index in [0.29, 0.717) is 6.61 Å². The van der Waals surface area contributed by atoms with Crippen molar-refractivity contribution in [3.63, 3.8) is 0 Å². The summed E-state index contributed by atoms with van der Waals surface area (Å²) in [5.41, 5.74) is 0.204. The standard InChI is InChI=1S/C35H44N2O3Si/c1-33(2,3)41(29-19-13-9-14-20-29,30-21-15-10-16-22-30)40-26-28-23-24-35(6,34(28,4)5)31(36-7)37-32(38)39-25-27-17-11-8-12-18-27/h8-22,28,31H,23-26H2,1-6H3,(H,37,38)/t28-,31?,35+/m1/s1. The summed E-state index contributed by atoms with van der Waals surface area (Å²) in [6.45, 7) is 22.3. The summed E-state index contributed by atoms with van der Waals surface area (Å²) in [6, 6.07) is 31.0. The van der Waals surface area contributed by atoms with E-state index in [-0.39, 0.29) is 23.0 Å². The van der Waals surface area contributed by atoms with E-state index < -0.39 is 26.0 Å². The normalized spacial score (nSPS) is 21.0. The molecule has 6 heteroatoms. The van der Waals surface area contributed by atoms with Gasteiger partial charge < -0.3 is 9.16 Å². The van der Waals surface area contributed by atoms with Crippen LogP contribution in [0.5, 0.6) is 0 Å². The predicted octanol–water partition coefficient (Wildman–Crippen LogP) is 7.18. The van der Waals surface area contributed by atoms with E-state index in [1.165, 1.54) is 10.4 Å². The lowest BCUT2D eigenvalue weighted by molar-refractivity contribution is 0.0378. The first-order valence-electron chi connectivity index (χ1n) is 14.5. The van der Waals surface area contributed by atoms with Gasteiger partial charge in [0.2, 0.25) is 0 Å². The molecule has 4 rings (SSSR count). The summed E-state index contributed by atoms with van der Waals surface area (Å²) in [6.07, 6.45) is 0.493. The third kappa shape index (κ3) is 5.98. The molecule has 5 nitrogen and oxygen atoms in total. The maximum Gasteiger partial charge on any atom is 0.413 e. The van der Waals surface area contributed by atoms with E-state index in [1.807, 2.05) is 30.3 Å². The van der Waals surface area contributed by atoms with Crippen molar-refractivity contribution in [1.82, 2.24) is 5.32 Å². The molecule has 216 valence electrons. The van der Waals surface area contributed by atoms with Gasteiger partial charge in [-0.25, -0.2) is 11.4 Å². The highest BCUT2D eigenvalue weighted by molar-refractivity contribution is 6.99. The van der Waals surface area contributed by atoms with Gasteiger partial charge in [-0.3, -0.25) is 10.2 Å². The highest BCUT2D eigenvalue weighted by Crippen LogP contribution is 2.58. The number of nitrogens with zero attached hydrogens (tertiary/aromatic N) is 1. The van der Waals surface area contributed by atoms with Gasteiger partial charge in [0.05, 0.1) is 5.41 Å². The molecule has 0 bridgehead atoms. The molecule has 3 aromatic rings. The Hall–Kier alpha value is -3.40.